The van der Waals surface area contributed by atoms with E-state index < -0.39 is 54.7 Å². The van der Waals surface area contributed by atoms with Gasteiger partial charge in [-0.3, -0.25) is 14.4 Å². The molecule has 1 rings (SSSR count). The van der Waals surface area contributed by atoms with Gasteiger partial charge in [-0.05, 0) is 38.3 Å². The number of nitrogens with zero attached hydrogens (tertiary/aromatic N) is 1. The summed E-state index contributed by atoms with van der Waals surface area (Å²) >= 11 is 4.18. The second-order valence-electron chi connectivity index (χ2n) is 8.43. The summed E-state index contributed by atoms with van der Waals surface area (Å²) in [4.78, 5) is 51.5. The quantitative estimate of drug-likeness (QED) is 0.267. The number of hydrogen-bond acceptors (Lipinski definition) is 8. The van der Waals surface area contributed by atoms with Crippen molar-refractivity contribution >= 4 is 36.5 Å². The lowest BCUT2D eigenvalue weighted by atomic mass is 10.0. The Labute approximate surface area is 205 Å². The summed E-state index contributed by atoms with van der Waals surface area (Å²) in [5, 5.41) is 14.6. The first-order valence-corrected chi connectivity index (χ1v) is 11.6. The lowest BCUT2D eigenvalue weighted by Crippen LogP contribution is -2.54. The molecule has 2 unspecified atom stereocenters. The molecule has 0 aliphatic carbocycles. The topological polar surface area (TPSA) is 134 Å². The van der Waals surface area contributed by atoms with Crippen LogP contribution in [0.15, 0.2) is 24.3 Å². The van der Waals surface area contributed by atoms with Crippen LogP contribution >= 0.6 is 12.6 Å². The second kappa shape index (κ2) is 13.8. The van der Waals surface area contributed by atoms with Crippen LogP contribution in [0.25, 0.3) is 0 Å². The zero-order valence-electron chi connectivity index (χ0n) is 20.3. The van der Waals surface area contributed by atoms with Crippen molar-refractivity contribution < 1.29 is 33.8 Å². The molecule has 0 fully saturated rings. The Kier molecular flexibility index (Phi) is 11.9. The first-order valence-electron chi connectivity index (χ1n) is 10.9. The molecule has 3 N–H and O–H groups in total. The van der Waals surface area contributed by atoms with E-state index in [0.29, 0.717) is 5.56 Å². The lowest BCUT2D eigenvalue weighted by molar-refractivity contribution is -0.144. The van der Waals surface area contributed by atoms with Gasteiger partial charge in [0, 0.05) is 12.3 Å². The number of benzene rings is 1. The predicted octanol–water partition coefficient (Wildman–Crippen LogP) is 1.22. The van der Waals surface area contributed by atoms with Crippen LogP contribution in [0.2, 0.25) is 0 Å². The first-order chi connectivity index (χ1) is 16.0. The van der Waals surface area contributed by atoms with E-state index >= 15 is 0 Å². The van der Waals surface area contributed by atoms with Crippen LogP contribution in [0, 0.1) is 0 Å². The average Bonchev–Trinajstić information content (AvgIpc) is 2.79. The fraction of sp³-hybridized carbons (Fsp3) is 0.565. The van der Waals surface area contributed by atoms with Gasteiger partial charge in [-0.25, -0.2) is 4.79 Å². The molecular weight excluding hydrogens is 462 g/mol. The summed E-state index contributed by atoms with van der Waals surface area (Å²) in [5.41, 5.74) is 0.713. The fourth-order valence-corrected chi connectivity index (χ4v) is 3.29. The molecule has 11 heteroatoms. The standard InChI is InChI=1S/C23H35N3O7S/c1-6-15-7-9-16(10-8-15)19(20(29)24-13-18(28)32-5)26(11-12-27)21(30)17(14-34)25-22(31)33-23(2,3)4/h7-10,17,19,27,34H,6,11-14H2,1-5H3,(H,24,29)(H,25,31). The third kappa shape index (κ3) is 9.22. The van der Waals surface area contributed by atoms with E-state index in [2.05, 4.69) is 28.0 Å². The average molecular weight is 498 g/mol. The van der Waals surface area contributed by atoms with Crippen LogP contribution in [0.1, 0.15) is 44.9 Å². The number of thiol groups is 1. The number of methoxy groups -OCH3 is 1. The molecule has 1 aromatic carbocycles. The van der Waals surface area contributed by atoms with E-state index in [1.165, 1.54) is 7.11 Å². The largest absolute Gasteiger partial charge is 0.468 e. The Balaban J connectivity index is 3.31. The molecule has 1 aromatic rings. The Bertz CT molecular complexity index is 840. The molecule has 10 nitrogen and oxygen atoms in total. The normalized spacial score (nSPS) is 12.8. The number of alkyl carbamates (subject to hydrolysis) is 1. The number of aliphatic hydroxyl groups is 1. The number of aliphatic hydroxyl groups excluding tert-OH is 1. The molecule has 0 heterocycles. The van der Waals surface area contributed by atoms with Gasteiger partial charge < -0.3 is 30.1 Å². The number of esters is 1. The number of aryl methyl sites for hydroxylation is 1. The van der Waals surface area contributed by atoms with Crippen LogP contribution < -0.4 is 10.6 Å². The fourth-order valence-electron chi connectivity index (χ4n) is 3.05. The van der Waals surface area contributed by atoms with E-state index in [1.54, 1.807) is 32.9 Å². The van der Waals surface area contributed by atoms with Crippen molar-refractivity contribution in [2.75, 3.05) is 32.6 Å². The maximum absolute atomic E-state index is 13.4. The minimum Gasteiger partial charge on any atom is -0.468 e. The van der Waals surface area contributed by atoms with Crippen molar-refractivity contribution in [3.05, 3.63) is 35.4 Å². The van der Waals surface area contributed by atoms with E-state index in [1.807, 2.05) is 19.1 Å². The molecule has 0 aliphatic heterocycles. The number of ether oxygens (including phenoxy) is 2. The van der Waals surface area contributed by atoms with Gasteiger partial charge >= 0.3 is 12.1 Å². The van der Waals surface area contributed by atoms with Gasteiger partial charge in [-0.15, -0.1) is 0 Å². The molecule has 0 bridgehead atoms. The molecule has 0 saturated carbocycles. The molecule has 0 spiro atoms. The molecule has 0 radical (unpaired) electrons. The highest BCUT2D eigenvalue weighted by molar-refractivity contribution is 7.80. The number of hydrogen-bond donors (Lipinski definition) is 4. The molecular formula is C23H35N3O7S. The summed E-state index contributed by atoms with van der Waals surface area (Å²) in [6, 6.07) is 4.75. The van der Waals surface area contributed by atoms with Crippen LogP contribution in [0.5, 0.6) is 0 Å². The zero-order valence-corrected chi connectivity index (χ0v) is 21.2. The molecule has 0 aromatic heterocycles. The number of carbonyl (C=O) groups excluding carboxylic acids is 4. The van der Waals surface area contributed by atoms with Crippen molar-refractivity contribution in [3.8, 4) is 0 Å². The summed E-state index contributed by atoms with van der Waals surface area (Å²) < 4.78 is 9.79. The maximum Gasteiger partial charge on any atom is 0.408 e. The summed E-state index contributed by atoms with van der Waals surface area (Å²) in [5.74, 6) is -2.03. The highest BCUT2D eigenvalue weighted by Gasteiger charge is 2.35. The molecule has 3 amide bonds. The maximum atomic E-state index is 13.4. The summed E-state index contributed by atoms with van der Waals surface area (Å²) in [6.07, 6.45) is -0.0387. The number of amides is 3. The predicted molar refractivity (Wildman–Crippen MR) is 129 cm³/mol. The Hall–Kier alpha value is -2.79. The molecule has 190 valence electrons. The Morgan fingerprint density at radius 3 is 2.24 bits per heavy atom. The van der Waals surface area contributed by atoms with Crippen molar-refractivity contribution in [1.82, 2.24) is 15.5 Å². The number of nitrogens with one attached hydrogen (secondary N) is 2. The van der Waals surface area contributed by atoms with E-state index in [9.17, 15) is 24.3 Å². The van der Waals surface area contributed by atoms with Crippen molar-refractivity contribution in [2.24, 2.45) is 0 Å². The third-order valence-electron chi connectivity index (χ3n) is 4.69. The second-order valence-corrected chi connectivity index (χ2v) is 8.79. The van der Waals surface area contributed by atoms with Crippen LogP contribution in [0.3, 0.4) is 0 Å². The Morgan fingerprint density at radius 2 is 1.76 bits per heavy atom. The van der Waals surface area contributed by atoms with Gasteiger partial charge in [-0.2, -0.15) is 12.6 Å². The van der Waals surface area contributed by atoms with Crippen molar-refractivity contribution in [2.45, 2.75) is 51.8 Å². The third-order valence-corrected chi connectivity index (χ3v) is 5.06. The number of rotatable bonds is 11. The SMILES string of the molecule is CCc1ccc(C(C(=O)NCC(=O)OC)N(CCO)C(=O)C(CS)NC(=O)OC(C)(C)C)cc1. The lowest BCUT2D eigenvalue weighted by Gasteiger charge is -2.33. The minimum atomic E-state index is -1.18. The van der Waals surface area contributed by atoms with Crippen molar-refractivity contribution in [1.29, 1.82) is 0 Å². The highest BCUT2D eigenvalue weighted by atomic mass is 32.1. The van der Waals surface area contributed by atoms with Gasteiger partial charge in [0.25, 0.3) is 0 Å². The smallest absolute Gasteiger partial charge is 0.408 e. The molecule has 0 saturated heterocycles. The van der Waals surface area contributed by atoms with Gasteiger partial charge in [0.2, 0.25) is 11.8 Å². The van der Waals surface area contributed by atoms with Crippen molar-refractivity contribution in [3.63, 3.8) is 0 Å². The zero-order chi connectivity index (χ0) is 25.9. The Morgan fingerprint density at radius 1 is 1.15 bits per heavy atom. The number of carbonyl (C=O) groups is 4. The van der Waals surface area contributed by atoms with Crippen LogP contribution in [-0.2, 0) is 30.3 Å². The van der Waals surface area contributed by atoms with E-state index in [-0.39, 0.29) is 12.3 Å². The van der Waals surface area contributed by atoms with Crippen LogP contribution in [0.4, 0.5) is 4.79 Å². The molecule has 0 aliphatic rings. The monoisotopic (exact) mass is 497 g/mol. The van der Waals surface area contributed by atoms with E-state index in [0.717, 1.165) is 16.9 Å². The molecule has 34 heavy (non-hydrogen) atoms. The van der Waals surface area contributed by atoms with Crippen LogP contribution in [-0.4, -0.2) is 78.1 Å². The van der Waals surface area contributed by atoms with E-state index in [4.69, 9.17) is 4.74 Å². The minimum absolute atomic E-state index is 0.0781. The first kappa shape index (κ1) is 29.2. The van der Waals surface area contributed by atoms with Gasteiger partial charge in [0.15, 0.2) is 0 Å². The summed E-state index contributed by atoms with van der Waals surface area (Å²) in [6.45, 7) is 6.00. The molecule has 2 atom stereocenters. The highest BCUT2D eigenvalue weighted by Crippen LogP contribution is 2.23. The van der Waals surface area contributed by atoms with Gasteiger partial charge in [0.05, 0.1) is 13.7 Å². The van der Waals surface area contributed by atoms with Gasteiger partial charge in [0.1, 0.15) is 24.2 Å². The summed E-state index contributed by atoms with van der Waals surface area (Å²) in [7, 11) is 1.19. The van der Waals surface area contributed by atoms with Gasteiger partial charge in [-0.1, -0.05) is 31.2 Å².